The molecule has 1 N–H and O–H groups in total. The summed E-state index contributed by atoms with van der Waals surface area (Å²) in [5.41, 5.74) is 0.0205. The molecule has 6 nitrogen and oxygen atoms in total. The number of hydrogen-bond acceptors (Lipinski definition) is 3. The van der Waals surface area contributed by atoms with Crippen molar-refractivity contribution < 1.29 is 14.7 Å². The van der Waals surface area contributed by atoms with Gasteiger partial charge < -0.3 is 14.9 Å². The first-order valence-corrected chi connectivity index (χ1v) is 7.79. The normalized spacial score (nSPS) is 16.0. The van der Waals surface area contributed by atoms with Crippen molar-refractivity contribution in [3.05, 3.63) is 27.6 Å². The topological polar surface area (TPSA) is 73.7 Å². The lowest BCUT2D eigenvalue weighted by Gasteiger charge is -2.37. The first-order chi connectivity index (χ1) is 9.82. The summed E-state index contributed by atoms with van der Waals surface area (Å²) in [5, 5.41) is 8.94. The number of amides is 2. The first-order valence-electron chi connectivity index (χ1n) is 6.71. The number of halogens is 1. The summed E-state index contributed by atoms with van der Waals surface area (Å²) in [6.07, 6.45) is 0.773. The zero-order valence-corrected chi connectivity index (χ0v) is 14.2. The van der Waals surface area contributed by atoms with Crippen molar-refractivity contribution in [1.29, 1.82) is 0 Å². The summed E-state index contributed by atoms with van der Waals surface area (Å²) in [6, 6.07) is 3.79. The van der Waals surface area contributed by atoms with Crippen LogP contribution in [0.2, 0.25) is 0 Å². The fourth-order valence-corrected chi connectivity index (χ4v) is 2.81. The van der Waals surface area contributed by atoms with Gasteiger partial charge in [0.2, 0.25) is 5.91 Å². The number of rotatable bonds is 2. The molecular formula is C14H18IN3O3. The van der Waals surface area contributed by atoms with Crippen molar-refractivity contribution in [3.8, 4) is 0 Å². The highest BCUT2D eigenvalue weighted by atomic mass is 127. The van der Waals surface area contributed by atoms with E-state index in [2.05, 4.69) is 27.6 Å². The number of nitrogens with zero attached hydrogens (tertiary/aromatic N) is 3. The largest absolute Gasteiger partial charge is 0.465 e. The Morgan fingerprint density at radius 1 is 1.24 bits per heavy atom. The highest BCUT2D eigenvalue weighted by molar-refractivity contribution is 14.1. The van der Waals surface area contributed by atoms with Crippen LogP contribution in [0.3, 0.4) is 0 Å². The molecule has 0 aromatic carbocycles. The molecule has 0 aliphatic carbocycles. The second kappa shape index (κ2) is 6.17. The summed E-state index contributed by atoms with van der Waals surface area (Å²) >= 11 is 2.20. The average molecular weight is 403 g/mol. The van der Waals surface area contributed by atoms with Gasteiger partial charge in [-0.15, -0.1) is 0 Å². The van der Waals surface area contributed by atoms with E-state index >= 15 is 0 Å². The molecule has 1 saturated heterocycles. The van der Waals surface area contributed by atoms with E-state index in [1.165, 1.54) is 4.90 Å². The molecule has 2 amide bonds. The molecule has 0 saturated carbocycles. The van der Waals surface area contributed by atoms with Crippen LogP contribution in [0.5, 0.6) is 0 Å². The van der Waals surface area contributed by atoms with Crippen LogP contribution in [0.4, 0.5) is 4.79 Å². The molecule has 1 aromatic heterocycles. The molecule has 1 aromatic rings. The van der Waals surface area contributed by atoms with Crippen molar-refractivity contribution in [1.82, 2.24) is 14.8 Å². The summed E-state index contributed by atoms with van der Waals surface area (Å²) in [7, 11) is 0. The number of carbonyl (C=O) groups excluding carboxylic acids is 1. The predicted molar refractivity (Wildman–Crippen MR) is 86.2 cm³/mol. The third kappa shape index (κ3) is 3.45. The number of pyridine rings is 1. The molecule has 0 unspecified atom stereocenters. The molecule has 2 rings (SSSR count). The smallest absolute Gasteiger partial charge is 0.407 e. The molecule has 114 valence electrons. The summed E-state index contributed by atoms with van der Waals surface area (Å²) in [5.74, 6) is -0.0120. The standard InChI is InChI=1S/C14H18IN3O3/c1-14(2,11-9-10(15)3-4-16-11)12(19)17-5-7-18(8-6-17)13(20)21/h3-4,9H,5-8H2,1-2H3,(H,20,21). The molecule has 1 aliphatic heterocycles. The fraction of sp³-hybridized carbons (Fsp3) is 0.500. The lowest BCUT2D eigenvalue weighted by molar-refractivity contribution is -0.138. The second-order valence-corrected chi connectivity index (χ2v) is 6.79. The van der Waals surface area contributed by atoms with Gasteiger partial charge in [0.15, 0.2) is 0 Å². The van der Waals surface area contributed by atoms with Crippen LogP contribution in [0, 0.1) is 3.57 Å². The predicted octanol–water partition coefficient (Wildman–Crippen LogP) is 1.79. The van der Waals surface area contributed by atoms with E-state index in [-0.39, 0.29) is 5.91 Å². The minimum atomic E-state index is -0.930. The van der Waals surface area contributed by atoms with Gasteiger partial charge in [0, 0.05) is 35.9 Å². The van der Waals surface area contributed by atoms with Gasteiger partial charge >= 0.3 is 6.09 Å². The van der Waals surface area contributed by atoms with E-state index in [0.717, 1.165) is 9.26 Å². The lowest BCUT2D eigenvalue weighted by Crippen LogP contribution is -2.54. The SMILES string of the molecule is CC(C)(C(=O)N1CCN(C(=O)O)CC1)c1cc(I)ccn1. The molecule has 0 bridgehead atoms. The fourth-order valence-electron chi connectivity index (χ4n) is 2.35. The summed E-state index contributed by atoms with van der Waals surface area (Å²) in [6.45, 7) is 5.29. The molecule has 0 spiro atoms. The quantitative estimate of drug-likeness (QED) is 0.765. The van der Waals surface area contributed by atoms with Crippen molar-refractivity contribution in [2.24, 2.45) is 0 Å². The van der Waals surface area contributed by atoms with Crippen LogP contribution in [0.25, 0.3) is 0 Å². The monoisotopic (exact) mass is 403 g/mol. The van der Waals surface area contributed by atoms with Gasteiger partial charge in [-0.3, -0.25) is 9.78 Å². The number of hydrogen-bond donors (Lipinski definition) is 1. The maximum absolute atomic E-state index is 12.7. The van der Waals surface area contributed by atoms with E-state index in [9.17, 15) is 9.59 Å². The number of carboxylic acid groups (broad SMARTS) is 1. The van der Waals surface area contributed by atoms with Crippen LogP contribution in [0.1, 0.15) is 19.5 Å². The Bertz CT molecular complexity index is 554. The van der Waals surface area contributed by atoms with Gasteiger partial charge in [-0.05, 0) is 48.6 Å². The van der Waals surface area contributed by atoms with E-state index in [4.69, 9.17) is 5.11 Å². The Kier molecular flexibility index (Phi) is 4.70. The van der Waals surface area contributed by atoms with Crippen molar-refractivity contribution >= 4 is 34.6 Å². The number of piperazine rings is 1. The van der Waals surface area contributed by atoms with Crippen LogP contribution in [0.15, 0.2) is 18.3 Å². The molecule has 0 radical (unpaired) electrons. The molecule has 1 aliphatic rings. The Balaban J connectivity index is 2.11. The van der Waals surface area contributed by atoms with Crippen LogP contribution in [-0.4, -0.2) is 58.1 Å². The van der Waals surface area contributed by atoms with Gasteiger partial charge in [0.05, 0.1) is 11.1 Å². The third-order valence-electron chi connectivity index (χ3n) is 3.73. The van der Waals surface area contributed by atoms with E-state index in [1.54, 1.807) is 11.1 Å². The minimum Gasteiger partial charge on any atom is -0.465 e. The number of aromatic nitrogens is 1. The van der Waals surface area contributed by atoms with Gasteiger partial charge in [0.1, 0.15) is 0 Å². The van der Waals surface area contributed by atoms with Crippen LogP contribution >= 0.6 is 22.6 Å². The second-order valence-electron chi connectivity index (χ2n) is 5.55. The Labute approximate surface area is 137 Å². The van der Waals surface area contributed by atoms with Crippen LogP contribution in [-0.2, 0) is 10.2 Å². The van der Waals surface area contributed by atoms with Crippen molar-refractivity contribution in [3.63, 3.8) is 0 Å². The molecule has 0 atom stereocenters. The highest BCUT2D eigenvalue weighted by Crippen LogP contribution is 2.25. The minimum absolute atomic E-state index is 0.0120. The highest BCUT2D eigenvalue weighted by Gasteiger charge is 2.36. The van der Waals surface area contributed by atoms with E-state index in [1.807, 2.05) is 26.0 Å². The Morgan fingerprint density at radius 2 is 1.81 bits per heavy atom. The lowest BCUT2D eigenvalue weighted by atomic mass is 9.86. The van der Waals surface area contributed by atoms with Crippen molar-refractivity contribution in [2.75, 3.05) is 26.2 Å². The molecule has 1 fully saturated rings. The van der Waals surface area contributed by atoms with Gasteiger partial charge in [-0.2, -0.15) is 0 Å². The van der Waals surface area contributed by atoms with E-state index < -0.39 is 11.5 Å². The Morgan fingerprint density at radius 3 is 2.33 bits per heavy atom. The third-order valence-corrected chi connectivity index (χ3v) is 4.41. The molecule has 21 heavy (non-hydrogen) atoms. The molecule has 7 heteroatoms. The molecular weight excluding hydrogens is 385 g/mol. The van der Waals surface area contributed by atoms with Gasteiger partial charge in [-0.1, -0.05) is 0 Å². The molecule has 2 heterocycles. The summed E-state index contributed by atoms with van der Waals surface area (Å²) in [4.78, 5) is 31.0. The Hall–Kier alpha value is -1.38. The maximum atomic E-state index is 12.7. The zero-order valence-electron chi connectivity index (χ0n) is 12.0. The zero-order chi connectivity index (χ0) is 15.6. The average Bonchev–Trinajstić information content (AvgIpc) is 2.46. The van der Waals surface area contributed by atoms with Gasteiger partial charge in [0.25, 0.3) is 0 Å². The van der Waals surface area contributed by atoms with Crippen molar-refractivity contribution in [2.45, 2.75) is 19.3 Å². The first kappa shape index (κ1) is 16.0. The van der Waals surface area contributed by atoms with E-state index in [0.29, 0.717) is 26.2 Å². The van der Waals surface area contributed by atoms with Gasteiger partial charge in [-0.25, -0.2) is 4.79 Å². The number of carbonyl (C=O) groups is 2. The maximum Gasteiger partial charge on any atom is 0.407 e. The van der Waals surface area contributed by atoms with Crippen LogP contribution < -0.4 is 0 Å². The summed E-state index contributed by atoms with van der Waals surface area (Å²) < 4.78 is 1.04.